The maximum absolute atomic E-state index is 15.5. The van der Waals surface area contributed by atoms with Gasteiger partial charge in [-0.15, -0.1) is 0 Å². The number of rotatable bonds is 4. The molecule has 1 fully saturated rings. The predicted molar refractivity (Wildman–Crippen MR) is 138 cm³/mol. The molecule has 0 radical (unpaired) electrons. The summed E-state index contributed by atoms with van der Waals surface area (Å²) in [5.41, 5.74) is -3.22. The third-order valence-corrected chi connectivity index (χ3v) is 7.66. The summed E-state index contributed by atoms with van der Waals surface area (Å²) in [4.78, 5) is 30.7. The van der Waals surface area contributed by atoms with E-state index in [0.717, 1.165) is 12.1 Å². The van der Waals surface area contributed by atoms with E-state index >= 15 is 4.39 Å². The van der Waals surface area contributed by atoms with Gasteiger partial charge in [0.2, 0.25) is 5.43 Å². The molecule has 2 N–H and O–H groups in total. The molecule has 4 aromatic rings. The first-order valence-corrected chi connectivity index (χ1v) is 12.5. The highest BCUT2D eigenvalue weighted by Gasteiger charge is 2.38. The van der Waals surface area contributed by atoms with Crippen LogP contribution in [0.25, 0.3) is 21.8 Å². The number of aryl methyl sites for hydroxylation is 1. The molecule has 12 heteroatoms. The largest absolute Gasteiger partial charge is 0.477 e. The fourth-order valence-corrected chi connectivity index (χ4v) is 5.42. The highest BCUT2D eigenvalue weighted by molar-refractivity contribution is 6.34. The summed E-state index contributed by atoms with van der Waals surface area (Å²) in [6, 6.07) is 6.00. The van der Waals surface area contributed by atoms with E-state index in [1.165, 1.54) is 35.2 Å². The summed E-state index contributed by atoms with van der Waals surface area (Å²) in [7, 11) is 0. The second kappa shape index (κ2) is 9.49. The second-order valence-corrected chi connectivity index (χ2v) is 9.88. The quantitative estimate of drug-likeness (QED) is 0.249. The van der Waals surface area contributed by atoms with Crippen LogP contribution in [0, 0.1) is 5.82 Å². The number of hydrogen-bond donors (Lipinski definition) is 2. The first-order chi connectivity index (χ1) is 18.4. The van der Waals surface area contributed by atoms with Crippen LogP contribution in [0.1, 0.15) is 41.3 Å². The zero-order valence-electron chi connectivity index (χ0n) is 20.5. The van der Waals surface area contributed by atoms with Crippen molar-refractivity contribution in [2.24, 2.45) is 0 Å². The third-order valence-electron chi connectivity index (χ3n) is 7.30. The van der Waals surface area contributed by atoms with Crippen molar-refractivity contribution < 1.29 is 32.6 Å². The molecule has 1 aliphatic heterocycles. The van der Waals surface area contributed by atoms with Crippen LogP contribution in [0.5, 0.6) is 0 Å². The lowest BCUT2D eigenvalue weighted by molar-refractivity contribution is -0.137. The first-order valence-electron chi connectivity index (χ1n) is 12.1. The Hall–Kier alpha value is -3.70. The fourth-order valence-electron chi connectivity index (χ4n) is 5.16. The number of aromatic nitrogens is 2. The summed E-state index contributed by atoms with van der Waals surface area (Å²) < 4.78 is 56.6. The van der Waals surface area contributed by atoms with Crippen LogP contribution >= 0.6 is 11.6 Å². The maximum atomic E-state index is 15.5. The van der Waals surface area contributed by atoms with E-state index in [1.54, 1.807) is 11.8 Å². The molecule has 1 saturated heterocycles. The number of nitrogens with zero attached hydrogens (tertiary/aromatic N) is 3. The number of carboxylic acid groups (broad SMARTS) is 1. The lowest BCUT2D eigenvalue weighted by Gasteiger charge is -2.40. The Labute approximate surface area is 223 Å². The molecule has 0 bridgehead atoms. The number of benzene rings is 2. The van der Waals surface area contributed by atoms with Crippen LogP contribution in [-0.2, 0) is 18.3 Å². The molecular formula is C27H22ClF4N3O4. The van der Waals surface area contributed by atoms with Gasteiger partial charge in [0, 0.05) is 31.2 Å². The molecule has 0 atom stereocenters. The van der Waals surface area contributed by atoms with Crippen molar-refractivity contribution in [2.45, 2.75) is 38.1 Å². The lowest BCUT2D eigenvalue weighted by atomic mass is 9.83. The van der Waals surface area contributed by atoms with Crippen LogP contribution < -0.4 is 10.3 Å². The summed E-state index contributed by atoms with van der Waals surface area (Å²) in [6.07, 6.45) is -1.99. The van der Waals surface area contributed by atoms with E-state index in [1.807, 2.05) is 0 Å². The molecule has 2 aromatic heterocycles. The van der Waals surface area contributed by atoms with Crippen molar-refractivity contribution in [3.8, 4) is 0 Å². The molecule has 2 aromatic carbocycles. The number of carbonyl (C=O) groups is 1. The predicted octanol–water partition coefficient (Wildman–Crippen LogP) is 5.57. The maximum Gasteiger partial charge on any atom is 0.416 e. The zero-order chi connectivity index (χ0) is 28.3. The SMILES string of the molecule is CCn1cc(C(=O)O)c(=O)c2c3cc(N4CCC(O)(c5cccc(C(F)(F)F)c5)CC4)c(Cl)c(F)c3ncc21. The molecule has 204 valence electrons. The summed E-state index contributed by atoms with van der Waals surface area (Å²) in [6.45, 7) is 2.32. The Bertz CT molecular complexity index is 1700. The van der Waals surface area contributed by atoms with Gasteiger partial charge in [-0.1, -0.05) is 23.7 Å². The summed E-state index contributed by atoms with van der Waals surface area (Å²) in [5.74, 6) is -2.32. The van der Waals surface area contributed by atoms with Crippen molar-refractivity contribution >= 4 is 45.1 Å². The minimum absolute atomic E-state index is 0.0175. The Balaban J connectivity index is 1.59. The highest BCUT2D eigenvalue weighted by Crippen LogP contribution is 2.41. The average Bonchev–Trinajstić information content (AvgIpc) is 2.90. The van der Waals surface area contributed by atoms with Crippen LogP contribution in [0.2, 0.25) is 5.02 Å². The molecule has 39 heavy (non-hydrogen) atoms. The number of aliphatic hydroxyl groups is 1. The zero-order valence-corrected chi connectivity index (χ0v) is 21.3. The van der Waals surface area contributed by atoms with Gasteiger partial charge in [0.05, 0.1) is 34.0 Å². The van der Waals surface area contributed by atoms with Crippen LogP contribution in [0.4, 0.5) is 23.2 Å². The van der Waals surface area contributed by atoms with Gasteiger partial charge in [0.25, 0.3) is 0 Å². The second-order valence-electron chi connectivity index (χ2n) is 9.50. The Kier molecular flexibility index (Phi) is 6.54. The van der Waals surface area contributed by atoms with Crippen molar-refractivity contribution in [3.05, 3.63) is 80.5 Å². The van der Waals surface area contributed by atoms with Gasteiger partial charge in [-0.2, -0.15) is 13.2 Å². The third kappa shape index (κ3) is 4.49. The van der Waals surface area contributed by atoms with Crippen LogP contribution in [0.3, 0.4) is 0 Å². The van der Waals surface area contributed by atoms with Gasteiger partial charge in [-0.25, -0.2) is 9.18 Å². The van der Waals surface area contributed by atoms with Gasteiger partial charge in [-0.3, -0.25) is 9.78 Å². The van der Waals surface area contributed by atoms with Gasteiger partial charge < -0.3 is 19.7 Å². The van der Waals surface area contributed by atoms with Crippen LogP contribution in [0.15, 0.2) is 47.5 Å². The molecule has 0 unspecified atom stereocenters. The van der Waals surface area contributed by atoms with Crippen LogP contribution in [-0.4, -0.2) is 38.8 Å². The van der Waals surface area contributed by atoms with E-state index in [2.05, 4.69) is 4.98 Å². The highest BCUT2D eigenvalue weighted by atomic mass is 35.5. The molecule has 5 rings (SSSR count). The molecule has 0 saturated carbocycles. The molecule has 0 spiro atoms. The van der Waals surface area contributed by atoms with Crippen molar-refractivity contribution in [2.75, 3.05) is 18.0 Å². The minimum atomic E-state index is -4.56. The topological polar surface area (TPSA) is 95.7 Å². The first kappa shape index (κ1) is 26.9. The van der Waals surface area contributed by atoms with E-state index in [0.29, 0.717) is 12.1 Å². The Morgan fingerprint density at radius 3 is 2.51 bits per heavy atom. The molecular weight excluding hydrogens is 542 g/mol. The lowest BCUT2D eigenvalue weighted by Crippen LogP contribution is -2.43. The number of halogens is 5. The number of aromatic carboxylic acids is 1. The van der Waals surface area contributed by atoms with E-state index < -0.39 is 40.1 Å². The van der Waals surface area contributed by atoms with Crippen molar-refractivity contribution in [1.82, 2.24) is 9.55 Å². The molecule has 3 heterocycles. The van der Waals surface area contributed by atoms with Gasteiger partial charge in [0.15, 0.2) is 5.82 Å². The van der Waals surface area contributed by atoms with Gasteiger partial charge in [-0.05, 0) is 43.5 Å². The Morgan fingerprint density at radius 1 is 1.21 bits per heavy atom. The van der Waals surface area contributed by atoms with E-state index in [4.69, 9.17) is 11.6 Å². The smallest absolute Gasteiger partial charge is 0.416 e. The summed E-state index contributed by atoms with van der Waals surface area (Å²) in [5, 5.41) is 20.6. The number of carboxylic acids is 1. The van der Waals surface area contributed by atoms with E-state index in [9.17, 15) is 33.0 Å². The number of piperidine rings is 1. The van der Waals surface area contributed by atoms with Crippen molar-refractivity contribution in [1.29, 1.82) is 0 Å². The monoisotopic (exact) mass is 563 g/mol. The molecule has 0 amide bonds. The normalized spacial score (nSPS) is 15.7. The molecule has 0 aliphatic carbocycles. The van der Waals surface area contributed by atoms with Gasteiger partial charge in [0.1, 0.15) is 16.1 Å². The fraction of sp³-hybridized carbons (Fsp3) is 0.296. The van der Waals surface area contributed by atoms with Crippen molar-refractivity contribution in [3.63, 3.8) is 0 Å². The summed E-state index contributed by atoms with van der Waals surface area (Å²) >= 11 is 6.37. The number of pyridine rings is 2. The average molecular weight is 564 g/mol. The van der Waals surface area contributed by atoms with E-state index in [-0.39, 0.29) is 58.5 Å². The Morgan fingerprint density at radius 2 is 1.90 bits per heavy atom. The number of fused-ring (bicyclic) bond motifs is 3. The minimum Gasteiger partial charge on any atom is -0.477 e. The molecule has 7 nitrogen and oxygen atoms in total. The number of alkyl halides is 3. The standard InChI is InChI=1S/C27H22ClF4N3O4/c1-2-34-13-17(25(37)38)24(36)20-16-11-18(21(28)22(29)23(16)33-12-19(20)34)35-8-6-26(39,7-9-35)14-4-3-5-15(10-14)27(30,31)32/h3-5,10-13,39H,2,6-9H2,1H3,(H,37,38). The molecule has 1 aliphatic rings. The number of anilines is 1. The number of hydrogen-bond acceptors (Lipinski definition) is 5. The van der Waals surface area contributed by atoms with Gasteiger partial charge >= 0.3 is 12.1 Å².